The first-order valence-corrected chi connectivity index (χ1v) is 6.66. The molecule has 1 aromatic rings. The molecule has 3 heteroatoms. The molecule has 1 aliphatic carbocycles. The first-order valence-electron chi connectivity index (χ1n) is 6.66. The molecule has 1 atom stereocenters. The van der Waals surface area contributed by atoms with Crippen LogP contribution in [-0.2, 0) is 7.05 Å². The van der Waals surface area contributed by atoms with E-state index in [-0.39, 0.29) is 0 Å². The molecule has 1 heterocycles. The topological polar surface area (TPSA) is 29.9 Å². The summed E-state index contributed by atoms with van der Waals surface area (Å²) in [5.41, 5.74) is 1.63. The predicted molar refractivity (Wildman–Crippen MR) is 70.8 cm³/mol. The Morgan fingerprint density at radius 1 is 1.47 bits per heavy atom. The normalized spacial score (nSPS) is 17.9. The molecule has 0 aliphatic heterocycles. The minimum atomic E-state index is 0.333. The summed E-state index contributed by atoms with van der Waals surface area (Å²) >= 11 is 0. The number of imidazole rings is 1. The van der Waals surface area contributed by atoms with Crippen molar-refractivity contribution in [1.82, 2.24) is 14.9 Å². The first kappa shape index (κ1) is 12.4. The third-order valence-electron chi connectivity index (χ3n) is 3.53. The summed E-state index contributed by atoms with van der Waals surface area (Å²) < 4.78 is 2.08. The van der Waals surface area contributed by atoms with Crippen LogP contribution >= 0.6 is 0 Å². The molecule has 1 unspecified atom stereocenters. The van der Waals surface area contributed by atoms with Crippen molar-refractivity contribution in [3.63, 3.8) is 0 Å². The number of hydrogen-bond acceptors (Lipinski definition) is 2. The van der Waals surface area contributed by atoms with Gasteiger partial charge in [0.15, 0.2) is 0 Å². The highest BCUT2D eigenvalue weighted by molar-refractivity contribution is 5.05. The van der Waals surface area contributed by atoms with Crippen LogP contribution in [0.3, 0.4) is 0 Å². The standard InChI is InChI=1S/C14H23N3/c1-12(14-16-10-11-17(14)2)15-9-8-13-6-4-3-5-7-13/h6,10-12,15H,3-5,7-9H2,1-2H3. The van der Waals surface area contributed by atoms with E-state index in [4.69, 9.17) is 0 Å². The first-order chi connectivity index (χ1) is 8.27. The van der Waals surface area contributed by atoms with Gasteiger partial charge in [-0.05, 0) is 45.6 Å². The summed E-state index contributed by atoms with van der Waals surface area (Å²) in [6, 6.07) is 0.333. The van der Waals surface area contributed by atoms with Gasteiger partial charge in [0.1, 0.15) is 5.82 Å². The monoisotopic (exact) mass is 233 g/mol. The summed E-state index contributed by atoms with van der Waals surface area (Å²) in [7, 11) is 2.05. The Balaban J connectivity index is 1.75. The molecule has 0 spiro atoms. The summed E-state index contributed by atoms with van der Waals surface area (Å²) in [5, 5.41) is 3.55. The Kier molecular flexibility index (Phi) is 4.37. The van der Waals surface area contributed by atoms with Crippen molar-refractivity contribution in [3.8, 4) is 0 Å². The van der Waals surface area contributed by atoms with Crippen LogP contribution in [0.5, 0.6) is 0 Å². The fourth-order valence-electron chi connectivity index (χ4n) is 2.47. The molecule has 2 rings (SSSR count). The lowest BCUT2D eigenvalue weighted by Gasteiger charge is -2.16. The zero-order valence-electron chi connectivity index (χ0n) is 10.9. The van der Waals surface area contributed by atoms with Crippen LogP contribution in [0.2, 0.25) is 0 Å². The maximum atomic E-state index is 4.37. The molecular formula is C14H23N3. The van der Waals surface area contributed by atoms with E-state index in [9.17, 15) is 0 Å². The quantitative estimate of drug-likeness (QED) is 0.792. The van der Waals surface area contributed by atoms with Crippen molar-refractivity contribution in [1.29, 1.82) is 0 Å². The lowest BCUT2D eigenvalue weighted by atomic mass is 9.97. The molecule has 94 valence electrons. The molecule has 0 saturated carbocycles. The van der Waals surface area contributed by atoms with E-state index < -0.39 is 0 Å². The SMILES string of the molecule is CC(NCCC1=CCCCC1)c1nccn1C. The summed E-state index contributed by atoms with van der Waals surface area (Å²) in [5.74, 6) is 1.11. The minimum absolute atomic E-state index is 0.333. The molecule has 0 bridgehead atoms. The molecule has 1 aromatic heterocycles. The predicted octanol–water partition coefficient (Wildman–Crippen LogP) is 2.96. The molecule has 1 N–H and O–H groups in total. The van der Waals surface area contributed by atoms with E-state index in [1.54, 1.807) is 5.57 Å². The average molecular weight is 233 g/mol. The van der Waals surface area contributed by atoms with Gasteiger partial charge in [-0.3, -0.25) is 0 Å². The minimum Gasteiger partial charge on any atom is -0.337 e. The van der Waals surface area contributed by atoms with Crippen LogP contribution < -0.4 is 5.32 Å². The molecule has 0 aromatic carbocycles. The second kappa shape index (κ2) is 6.01. The smallest absolute Gasteiger partial charge is 0.125 e. The Morgan fingerprint density at radius 3 is 3.00 bits per heavy atom. The summed E-state index contributed by atoms with van der Waals surface area (Å²) in [4.78, 5) is 4.37. The van der Waals surface area contributed by atoms with Gasteiger partial charge in [-0.1, -0.05) is 11.6 Å². The molecular weight excluding hydrogens is 210 g/mol. The Morgan fingerprint density at radius 2 is 2.35 bits per heavy atom. The second-order valence-electron chi connectivity index (χ2n) is 4.93. The van der Waals surface area contributed by atoms with Crippen LogP contribution in [0.15, 0.2) is 24.0 Å². The van der Waals surface area contributed by atoms with Gasteiger partial charge >= 0.3 is 0 Å². The lowest BCUT2D eigenvalue weighted by molar-refractivity contribution is 0.525. The van der Waals surface area contributed by atoms with Gasteiger partial charge in [0, 0.05) is 19.4 Å². The van der Waals surface area contributed by atoms with Crippen molar-refractivity contribution in [2.45, 2.75) is 45.1 Å². The number of nitrogens with zero attached hydrogens (tertiary/aromatic N) is 2. The Bertz CT molecular complexity index is 379. The van der Waals surface area contributed by atoms with Gasteiger partial charge in [0.05, 0.1) is 6.04 Å². The number of aromatic nitrogens is 2. The van der Waals surface area contributed by atoms with Crippen LogP contribution in [0.4, 0.5) is 0 Å². The van der Waals surface area contributed by atoms with Gasteiger partial charge in [0.2, 0.25) is 0 Å². The fourth-order valence-corrected chi connectivity index (χ4v) is 2.47. The highest BCUT2D eigenvalue weighted by atomic mass is 15.1. The molecule has 3 nitrogen and oxygen atoms in total. The van der Waals surface area contributed by atoms with E-state index in [1.165, 1.54) is 32.1 Å². The molecule has 0 amide bonds. The lowest BCUT2D eigenvalue weighted by Crippen LogP contribution is -2.23. The van der Waals surface area contributed by atoms with Crippen LogP contribution in [0.25, 0.3) is 0 Å². The van der Waals surface area contributed by atoms with Gasteiger partial charge in [0.25, 0.3) is 0 Å². The maximum absolute atomic E-state index is 4.37. The molecule has 1 aliphatic rings. The van der Waals surface area contributed by atoms with Crippen molar-refractivity contribution in [2.24, 2.45) is 7.05 Å². The molecule has 0 fully saturated rings. The van der Waals surface area contributed by atoms with Crippen molar-refractivity contribution in [3.05, 3.63) is 29.9 Å². The van der Waals surface area contributed by atoms with Crippen LogP contribution in [0, 0.1) is 0 Å². The van der Waals surface area contributed by atoms with Gasteiger partial charge in [-0.2, -0.15) is 0 Å². The van der Waals surface area contributed by atoms with E-state index in [2.05, 4.69) is 27.9 Å². The molecule has 0 saturated heterocycles. The average Bonchev–Trinajstić information content (AvgIpc) is 2.77. The highest BCUT2D eigenvalue weighted by Gasteiger charge is 2.09. The third kappa shape index (κ3) is 3.43. The highest BCUT2D eigenvalue weighted by Crippen LogP contribution is 2.19. The van der Waals surface area contributed by atoms with E-state index in [1.807, 2.05) is 19.4 Å². The van der Waals surface area contributed by atoms with Crippen LogP contribution in [-0.4, -0.2) is 16.1 Å². The van der Waals surface area contributed by atoms with E-state index >= 15 is 0 Å². The largest absolute Gasteiger partial charge is 0.337 e. The second-order valence-corrected chi connectivity index (χ2v) is 4.93. The van der Waals surface area contributed by atoms with Gasteiger partial charge < -0.3 is 9.88 Å². The van der Waals surface area contributed by atoms with Crippen LogP contribution in [0.1, 0.15) is 50.9 Å². The number of rotatable bonds is 5. The molecule has 17 heavy (non-hydrogen) atoms. The number of nitrogens with one attached hydrogen (secondary N) is 1. The number of hydrogen-bond donors (Lipinski definition) is 1. The molecule has 0 radical (unpaired) electrons. The van der Waals surface area contributed by atoms with Crippen molar-refractivity contribution < 1.29 is 0 Å². The third-order valence-corrected chi connectivity index (χ3v) is 3.53. The van der Waals surface area contributed by atoms with Crippen molar-refractivity contribution >= 4 is 0 Å². The van der Waals surface area contributed by atoms with Crippen molar-refractivity contribution in [2.75, 3.05) is 6.54 Å². The fraction of sp³-hybridized carbons (Fsp3) is 0.643. The number of allylic oxidation sites excluding steroid dienone is 1. The Labute approximate surface area is 104 Å². The van der Waals surface area contributed by atoms with E-state index in [0.717, 1.165) is 12.4 Å². The Hall–Kier alpha value is -1.09. The van der Waals surface area contributed by atoms with Gasteiger partial charge in [-0.25, -0.2) is 4.98 Å². The zero-order valence-corrected chi connectivity index (χ0v) is 10.9. The maximum Gasteiger partial charge on any atom is 0.125 e. The van der Waals surface area contributed by atoms with Gasteiger partial charge in [-0.15, -0.1) is 0 Å². The zero-order chi connectivity index (χ0) is 12.1. The number of aryl methyl sites for hydroxylation is 1. The summed E-state index contributed by atoms with van der Waals surface area (Å²) in [6.07, 6.45) is 12.8. The van der Waals surface area contributed by atoms with E-state index in [0.29, 0.717) is 6.04 Å². The summed E-state index contributed by atoms with van der Waals surface area (Å²) in [6.45, 7) is 3.23.